The summed E-state index contributed by atoms with van der Waals surface area (Å²) in [6, 6.07) is 8.40. The number of rotatable bonds is 9. The van der Waals surface area contributed by atoms with Crippen molar-refractivity contribution in [3.8, 4) is 0 Å². The second-order valence-electron chi connectivity index (χ2n) is 9.05. The largest absolute Gasteiger partial charge is 0.361 e. The Hall–Kier alpha value is -2.93. The van der Waals surface area contributed by atoms with E-state index in [9.17, 15) is 4.79 Å². The molecule has 1 aliphatic heterocycles. The first-order valence-electron chi connectivity index (χ1n) is 11.8. The van der Waals surface area contributed by atoms with E-state index in [1.807, 2.05) is 6.92 Å². The van der Waals surface area contributed by atoms with Crippen LogP contribution < -0.4 is 4.90 Å². The number of aromatic amines is 1. The van der Waals surface area contributed by atoms with Gasteiger partial charge in [0.15, 0.2) is 10.9 Å². The number of hydrogen-bond donors (Lipinski definition) is 1. The van der Waals surface area contributed by atoms with Gasteiger partial charge in [-0.2, -0.15) is 0 Å². The van der Waals surface area contributed by atoms with E-state index in [2.05, 4.69) is 57.4 Å². The van der Waals surface area contributed by atoms with Crippen LogP contribution in [0.2, 0.25) is 0 Å². The molecule has 5 rings (SSSR count). The zero-order valence-electron chi connectivity index (χ0n) is 19.3. The Morgan fingerprint density at radius 2 is 2.21 bits per heavy atom. The maximum absolute atomic E-state index is 13.2. The van der Waals surface area contributed by atoms with Crippen molar-refractivity contribution in [1.82, 2.24) is 15.1 Å². The molecule has 1 atom stereocenters. The van der Waals surface area contributed by atoms with Gasteiger partial charge in [-0.25, -0.2) is 4.98 Å². The summed E-state index contributed by atoms with van der Waals surface area (Å²) in [4.78, 5) is 24.2. The molecular weight excluding hydrogens is 432 g/mol. The zero-order chi connectivity index (χ0) is 22.8. The molecule has 0 saturated carbocycles. The molecular formula is C26H30N4O2S. The van der Waals surface area contributed by atoms with Gasteiger partial charge in [-0.1, -0.05) is 54.5 Å². The molecule has 1 aromatic carbocycles. The third-order valence-electron chi connectivity index (χ3n) is 6.69. The molecule has 0 radical (unpaired) electrons. The molecule has 0 saturated heterocycles. The van der Waals surface area contributed by atoms with Crippen LogP contribution in [0.15, 0.2) is 41.2 Å². The molecule has 4 heterocycles. The number of para-hydroxylation sites is 1. The lowest BCUT2D eigenvalue weighted by Gasteiger charge is -2.25. The smallest absolute Gasteiger partial charge is 0.186 e. The van der Waals surface area contributed by atoms with E-state index in [0.717, 1.165) is 77.7 Å². The molecule has 3 aromatic heterocycles. The number of anilines is 1. The van der Waals surface area contributed by atoms with Crippen LogP contribution in [0.5, 0.6) is 0 Å². The lowest BCUT2D eigenvalue weighted by Crippen LogP contribution is -2.29. The molecule has 0 spiro atoms. The van der Waals surface area contributed by atoms with Gasteiger partial charge < -0.3 is 14.4 Å². The van der Waals surface area contributed by atoms with Crippen molar-refractivity contribution >= 4 is 33.2 Å². The number of Topliss-reactive ketones (excluding diaryl/α,β-unsaturated/α-hetero) is 1. The number of nitrogens with zero attached hydrogens (tertiary/aromatic N) is 3. The number of H-pyrrole nitrogens is 1. The number of hydrogen-bond acceptors (Lipinski definition) is 6. The van der Waals surface area contributed by atoms with Gasteiger partial charge >= 0.3 is 0 Å². The van der Waals surface area contributed by atoms with E-state index in [0.29, 0.717) is 12.3 Å². The first-order chi connectivity index (χ1) is 16.1. The summed E-state index contributed by atoms with van der Waals surface area (Å²) in [5.74, 6) is 1.52. The highest BCUT2D eigenvalue weighted by Crippen LogP contribution is 2.32. The van der Waals surface area contributed by atoms with Gasteiger partial charge in [0, 0.05) is 42.0 Å². The molecule has 172 valence electrons. The fourth-order valence-corrected chi connectivity index (χ4v) is 5.68. The molecule has 1 N–H and O–H groups in total. The number of thiazole rings is 1. The van der Waals surface area contributed by atoms with Crippen LogP contribution in [0.3, 0.4) is 0 Å². The normalized spacial score (nSPS) is 14.5. The van der Waals surface area contributed by atoms with Gasteiger partial charge in [0.05, 0.1) is 23.3 Å². The minimum Gasteiger partial charge on any atom is -0.361 e. The SMILES string of the molecule is CCCCC(CC(=O)c1cnc(N2CCc3onc(C)c3C2)s1)Cc1c[nH]c2ccccc12. The molecule has 7 heteroatoms. The third-order valence-corrected chi connectivity index (χ3v) is 7.79. The summed E-state index contributed by atoms with van der Waals surface area (Å²) in [6.45, 7) is 5.77. The van der Waals surface area contributed by atoms with Gasteiger partial charge in [-0.15, -0.1) is 0 Å². The molecule has 0 fully saturated rings. The number of unbranched alkanes of at least 4 members (excludes halogenated alkanes) is 1. The van der Waals surface area contributed by atoms with E-state index in [-0.39, 0.29) is 5.78 Å². The van der Waals surface area contributed by atoms with Crippen molar-refractivity contribution < 1.29 is 9.32 Å². The molecule has 6 nitrogen and oxygen atoms in total. The number of aromatic nitrogens is 3. The Kier molecular flexibility index (Phi) is 6.31. The van der Waals surface area contributed by atoms with E-state index in [1.165, 1.54) is 22.3 Å². The summed E-state index contributed by atoms with van der Waals surface area (Å²) in [5, 5.41) is 6.26. The molecule has 33 heavy (non-hydrogen) atoms. The van der Waals surface area contributed by atoms with E-state index in [1.54, 1.807) is 6.20 Å². The number of nitrogens with one attached hydrogen (secondary N) is 1. The van der Waals surface area contributed by atoms with Crippen molar-refractivity contribution in [2.45, 2.75) is 58.9 Å². The van der Waals surface area contributed by atoms with E-state index < -0.39 is 0 Å². The van der Waals surface area contributed by atoms with Gasteiger partial charge in [-0.05, 0) is 37.3 Å². The minimum atomic E-state index is 0.207. The van der Waals surface area contributed by atoms with E-state index in [4.69, 9.17) is 4.52 Å². The van der Waals surface area contributed by atoms with Gasteiger partial charge in [-0.3, -0.25) is 4.79 Å². The number of carbonyl (C=O) groups excluding carboxylic acids is 1. The van der Waals surface area contributed by atoms with Gasteiger partial charge in [0.25, 0.3) is 0 Å². The predicted molar refractivity (Wildman–Crippen MR) is 132 cm³/mol. The van der Waals surface area contributed by atoms with Crippen molar-refractivity contribution in [3.05, 3.63) is 64.1 Å². The lowest BCUT2D eigenvalue weighted by molar-refractivity contribution is 0.0962. The van der Waals surface area contributed by atoms with Crippen molar-refractivity contribution in [1.29, 1.82) is 0 Å². The first kappa shape index (κ1) is 21.9. The highest BCUT2D eigenvalue weighted by molar-refractivity contribution is 7.17. The van der Waals surface area contributed by atoms with Gasteiger partial charge in [0.1, 0.15) is 5.76 Å². The molecule has 4 aromatic rings. The number of carbonyl (C=O) groups is 1. The fourth-order valence-electron chi connectivity index (χ4n) is 4.79. The number of benzene rings is 1. The summed E-state index contributed by atoms with van der Waals surface area (Å²) in [7, 11) is 0. The molecule has 0 amide bonds. The third kappa shape index (κ3) is 4.60. The summed E-state index contributed by atoms with van der Waals surface area (Å²) in [5.41, 5.74) is 4.56. The van der Waals surface area contributed by atoms with Crippen LogP contribution in [0.1, 0.15) is 64.9 Å². The second kappa shape index (κ2) is 9.51. The Bertz CT molecular complexity index is 1250. The maximum Gasteiger partial charge on any atom is 0.186 e. The summed E-state index contributed by atoms with van der Waals surface area (Å²) < 4.78 is 5.41. The highest BCUT2D eigenvalue weighted by Gasteiger charge is 2.25. The number of aryl methyl sites for hydroxylation is 1. The average molecular weight is 463 g/mol. The van der Waals surface area contributed by atoms with Gasteiger partial charge in [0.2, 0.25) is 0 Å². The number of ketones is 1. The molecule has 1 unspecified atom stereocenters. The maximum atomic E-state index is 13.2. The zero-order valence-corrected chi connectivity index (χ0v) is 20.1. The van der Waals surface area contributed by atoms with Crippen molar-refractivity contribution in [3.63, 3.8) is 0 Å². The summed E-state index contributed by atoms with van der Waals surface area (Å²) in [6.07, 6.45) is 9.53. The Morgan fingerprint density at radius 1 is 1.33 bits per heavy atom. The van der Waals surface area contributed by atoms with Crippen LogP contribution in [-0.4, -0.2) is 27.5 Å². The Labute approximate surface area is 198 Å². The molecule has 1 aliphatic rings. The predicted octanol–water partition coefficient (Wildman–Crippen LogP) is 6.11. The fraction of sp³-hybridized carbons (Fsp3) is 0.423. The van der Waals surface area contributed by atoms with Crippen LogP contribution >= 0.6 is 11.3 Å². The molecule has 0 aliphatic carbocycles. The minimum absolute atomic E-state index is 0.207. The standard InChI is InChI=1S/C26H30N4O2S/c1-3-4-7-18(12-19-14-27-22-9-6-5-8-20(19)22)13-23(31)25-15-28-26(33-25)30-11-10-24-21(16-30)17(2)29-32-24/h5-6,8-9,14-15,18,27H,3-4,7,10-13,16H2,1-2H3. The molecule has 0 bridgehead atoms. The summed E-state index contributed by atoms with van der Waals surface area (Å²) >= 11 is 1.52. The second-order valence-corrected chi connectivity index (χ2v) is 10.1. The lowest BCUT2D eigenvalue weighted by atomic mass is 9.89. The highest BCUT2D eigenvalue weighted by atomic mass is 32.1. The van der Waals surface area contributed by atoms with Crippen LogP contribution in [-0.2, 0) is 19.4 Å². The first-order valence-corrected chi connectivity index (χ1v) is 12.7. The average Bonchev–Trinajstić information content (AvgIpc) is 3.57. The number of fused-ring (bicyclic) bond motifs is 2. The quantitative estimate of drug-likeness (QED) is 0.304. The topological polar surface area (TPSA) is 75.0 Å². The van der Waals surface area contributed by atoms with Crippen molar-refractivity contribution in [2.75, 3.05) is 11.4 Å². The Morgan fingerprint density at radius 3 is 3.09 bits per heavy atom. The van der Waals surface area contributed by atoms with Crippen molar-refractivity contribution in [2.24, 2.45) is 5.92 Å². The van der Waals surface area contributed by atoms with Crippen LogP contribution in [0, 0.1) is 12.8 Å². The van der Waals surface area contributed by atoms with E-state index >= 15 is 0 Å². The monoisotopic (exact) mass is 462 g/mol. The van der Waals surface area contributed by atoms with Crippen LogP contribution in [0.4, 0.5) is 5.13 Å². The Balaban J connectivity index is 1.28. The van der Waals surface area contributed by atoms with Crippen LogP contribution in [0.25, 0.3) is 10.9 Å².